The average Bonchev–Trinajstić information content (AvgIpc) is 3.25. The van der Waals surface area contributed by atoms with Gasteiger partial charge in [-0.05, 0) is 50.2 Å². The van der Waals surface area contributed by atoms with Gasteiger partial charge in [-0.3, -0.25) is 14.5 Å². The molecule has 2 heterocycles. The van der Waals surface area contributed by atoms with E-state index in [0.29, 0.717) is 16.5 Å². The van der Waals surface area contributed by atoms with Gasteiger partial charge >= 0.3 is 0 Å². The van der Waals surface area contributed by atoms with E-state index in [2.05, 4.69) is 15.5 Å². The molecule has 1 atom stereocenters. The third-order valence-electron chi connectivity index (χ3n) is 5.89. The van der Waals surface area contributed by atoms with Crippen LogP contribution in [-0.2, 0) is 11.8 Å². The zero-order valence-electron chi connectivity index (χ0n) is 20.1. The number of hydrogen-bond donors (Lipinski definition) is 1. The van der Waals surface area contributed by atoms with Crippen molar-refractivity contribution < 1.29 is 9.59 Å². The zero-order chi connectivity index (χ0) is 25.2. The van der Waals surface area contributed by atoms with Crippen LogP contribution in [0.1, 0.15) is 34.7 Å². The minimum atomic E-state index is -0.349. The lowest BCUT2D eigenvalue weighted by molar-refractivity contribution is -0.115. The highest BCUT2D eigenvalue weighted by molar-refractivity contribution is 8.00. The van der Waals surface area contributed by atoms with Crippen molar-refractivity contribution in [2.75, 3.05) is 10.7 Å². The van der Waals surface area contributed by atoms with E-state index in [9.17, 15) is 9.59 Å². The minimum Gasteiger partial charge on any atom is -0.342 e. The lowest BCUT2D eigenvalue weighted by Gasteiger charge is -2.30. The number of aryl methyl sites for hydroxylation is 1. The predicted octanol–water partition coefficient (Wildman–Crippen LogP) is 5.54. The first-order valence-corrected chi connectivity index (χ1v) is 13.3. The van der Waals surface area contributed by atoms with E-state index in [-0.39, 0.29) is 23.6 Å². The summed E-state index contributed by atoms with van der Waals surface area (Å²) >= 11 is 3.00. The predicted molar refractivity (Wildman–Crippen MR) is 143 cm³/mol. The standard InChI is InChI=1S/C27H25N5O2S2/c1-17-9-8-10-19(15-17)26(34)28-18(2)25-29-30-27(31(25)3)35-16-24(33)32-20-11-4-6-13-22(20)36-23-14-7-5-12-21(23)32/h4-15,18H,16H2,1-3H3,(H,28,34)/t18-/m0/s1. The Labute approximate surface area is 218 Å². The Hall–Kier alpha value is -3.56. The molecule has 4 aromatic rings. The Morgan fingerprint density at radius 3 is 2.31 bits per heavy atom. The highest BCUT2D eigenvalue weighted by Gasteiger charge is 2.28. The number of benzene rings is 3. The van der Waals surface area contributed by atoms with Gasteiger partial charge in [-0.2, -0.15) is 0 Å². The fourth-order valence-corrected chi connectivity index (χ4v) is 5.95. The van der Waals surface area contributed by atoms with Crippen LogP contribution in [0.15, 0.2) is 87.7 Å². The van der Waals surface area contributed by atoms with Gasteiger partial charge in [0.2, 0.25) is 5.91 Å². The Morgan fingerprint density at radius 2 is 1.64 bits per heavy atom. The number of aromatic nitrogens is 3. The maximum absolute atomic E-state index is 13.5. The van der Waals surface area contributed by atoms with Crippen LogP contribution in [0.25, 0.3) is 0 Å². The van der Waals surface area contributed by atoms with Crippen LogP contribution in [0.2, 0.25) is 0 Å². The van der Waals surface area contributed by atoms with Gasteiger partial charge < -0.3 is 9.88 Å². The van der Waals surface area contributed by atoms with Crippen molar-refractivity contribution in [2.45, 2.75) is 34.8 Å². The van der Waals surface area contributed by atoms with Crippen LogP contribution in [0.4, 0.5) is 11.4 Å². The molecule has 1 N–H and O–H groups in total. The molecule has 7 nitrogen and oxygen atoms in total. The number of carbonyl (C=O) groups excluding carboxylic acids is 2. The van der Waals surface area contributed by atoms with Gasteiger partial charge in [0.05, 0.1) is 23.2 Å². The van der Waals surface area contributed by atoms with Crippen molar-refractivity contribution in [1.82, 2.24) is 20.1 Å². The van der Waals surface area contributed by atoms with E-state index in [1.165, 1.54) is 11.8 Å². The van der Waals surface area contributed by atoms with E-state index in [1.54, 1.807) is 22.7 Å². The van der Waals surface area contributed by atoms with E-state index in [1.807, 2.05) is 92.2 Å². The number of anilines is 2. The maximum atomic E-state index is 13.5. The molecule has 0 unspecified atom stereocenters. The molecule has 1 aliphatic heterocycles. The molecule has 0 fully saturated rings. The second-order valence-electron chi connectivity index (χ2n) is 8.52. The summed E-state index contributed by atoms with van der Waals surface area (Å²) in [5, 5.41) is 12.2. The summed E-state index contributed by atoms with van der Waals surface area (Å²) in [6, 6.07) is 23.0. The summed E-state index contributed by atoms with van der Waals surface area (Å²) in [6.07, 6.45) is 0. The van der Waals surface area contributed by atoms with Crippen LogP contribution >= 0.6 is 23.5 Å². The molecular formula is C27H25N5O2S2. The first-order chi connectivity index (χ1) is 17.4. The third-order valence-corrected chi connectivity index (χ3v) is 8.03. The van der Waals surface area contributed by atoms with Crippen molar-refractivity contribution in [3.8, 4) is 0 Å². The molecule has 0 aliphatic carbocycles. The lowest BCUT2D eigenvalue weighted by atomic mass is 10.1. The van der Waals surface area contributed by atoms with E-state index in [4.69, 9.17) is 0 Å². The first kappa shape index (κ1) is 24.1. The fraction of sp³-hybridized carbons (Fsp3) is 0.185. The largest absolute Gasteiger partial charge is 0.342 e. The number of nitrogens with zero attached hydrogens (tertiary/aromatic N) is 4. The van der Waals surface area contributed by atoms with E-state index in [0.717, 1.165) is 26.7 Å². The zero-order valence-corrected chi connectivity index (χ0v) is 21.8. The van der Waals surface area contributed by atoms with Crippen molar-refractivity contribution in [1.29, 1.82) is 0 Å². The normalized spacial score (nSPS) is 13.0. The van der Waals surface area contributed by atoms with Gasteiger partial charge in [0.1, 0.15) is 0 Å². The summed E-state index contributed by atoms with van der Waals surface area (Å²) in [7, 11) is 1.85. The minimum absolute atomic E-state index is 0.0365. The van der Waals surface area contributed by atoms with Crippen molar-refractivity contribution in [2.24, 2.45) is 7.05 Å². The number of para-hydroxylation sites is 2. The molecule has 5 rings (SSSR count). The second kappa shape index (κ2) is 10.2. The Balaban J connectivity index is 1.29. The summed E-state index contributed by atoms with van der Waals surface area (Å²) in [5.74, 6) is 0.615. The second-order valence-corrected chi connectivity index (χ2v) is 10.5. The number of fused-ring (bicyclic) bond motifs is 2. The Bertz CT molecular complexity index is 1410. The topological polar surface area (TPSA) is 80.1 Å². The van der Waals surface area contributed by atoms with Crippen LogP contribution in [0.5, 0.6) is 0 Å². The van der Waals surface area contributed by atoms with E-state index >= 15 is 0 Å². The summed E-state index contributed by atoms with van der Waals surface area (Å²) in [4.78, 5) is 30.0. The molecule has 2 amide bonds. The number of amides is 2. The molecule has 0 spiro atoms. The Morgan fingerprint density at radius 1 is 0.972 bits per heavy atom. The highest BCUT2D eigenvalue weighted by atomic mass is 32.2. The Kier molecular flexibility index (Phi) is 6.84. The van der Waals surface area contributed by atoms with Crippen molar-refractivity contribution in [3.05, 3.63) is 89.7 Å². The summed E-state index contributed by atoms with van der Waals surface area (Å²) < 4.78 is 1.83. The molecule has 3 aromatic carbocycles. The van der Waals surface area contributed by atoms with Crippen LogP contribution < -0.4 is 10.2 Å². The quantitative estimate of drug-likeness (QED) is 0.340. The van der Waals surface area contributed by atoms with Gasteiger partial charge in [-0.25, -0.2) is 0 Å². The molecule has 1 aliphatic rings. The molecule has 0 bridgehead atoms. The third kappa shape index (κ3) is 4.76. The smallest absolute Gasteiger partial charge is 0.251 e. The number of hydrogen-bond acceptors (Lipinski definition) is 6. The highest BCUT2D eigenvalue weighted by Crippen LogP contribution is 2.48. The van der Waals surface area contributed by atoms with Crippen molar-refractivity contribution >= 4 is 46.7 Å². The molecule has 182 valence electrons. The van der Waals surface area contributed by atoms with Crippen LogP contribution in [0.3, 0.4) is 0 Å². The maximum Gasteiger partial charge on any atom is 0.251 e. The average molecular weight is 516 g/mol. The SMILES string of the molecule is Cc1cccc(C(=O)N[C@@H](C)c2nnc(SCC(=O)N3c4ccccc4Sc4ccccc43)n2C)c1. The van der Waals surface area contributed by atoms with Crippen molar-refractivity contribution in [3.63, 3.8) is 0 Å². The summed E-state index contributed by atoms with van der Waals surface area (Å²) in [5.41, 5.74) is 3.40. The first-order valence-electron chi connectivity index (χ1n) is 11.5. The molecular weight excluding hydrogens is 490 g/mol. The van der Waals surface area contributed by atoms with Gasteiger partial charge in [0, 0.05) is 22.4 Å². The van der Waals surface area contributed by atoms with Gasteiger partial charge in [-0.1, -0.05) is 65.5 Å². The number of rotatable bonds is 6. The van der Waals surface area contributed by atoms with Crippen LogP contribution in [-0.4, -0.2) is 32.3 Å². The molecule has 0 saturated heterocycles. The van der Waals surface area contributed by atoms with Gasteiger partial charge in [0.25, 0.3) is 5.91 Å². The molecule has 1 aromatic heterocycles. The monoisotopic (exact) mass is 515 g/mol. The van der Waals surface area contributed by atoms with Gasteiger partial charge in [-0.15, -0.1) is 10.2 Å². The molecule has 9 heteroatoms. The van der Waals surface area contributed by atoms with Crippen LogP contribution in [0, 0.1) is 6.92 Å². The molecule has 0 saturated carbocycles. The van der Waals surface area contributed by atoms with E-state index < -0.39 is 0 Å². The fourth-order valence-electron chi connectivity index (χ4n) is 4.12. The number of thioether (sulfide) groups is 1. The number of carbonyl (C=O) groups is 2. The summed E-state index contributed by atoms with van der Waals surface area (Å²) in [6.45, 7) is 3.82. The molecule has 0 radical (unpaired) electrons. The lowest BCUT2D eigenvalue weighted by Crippen LogP contribution is -2.30. The molecule has 36 heavy (non-hydrogen) atoms. The van der Waals surface area contributed by atoms with Gasteiger partial charge in [0.15, 0.2) is 11.0 Å². The number of nitrogens with one attached hydrogen (secondary N) is 1.